The van der Waals surface area contributed by atoms with Gasteiger partial charge in [-0.05, 0) is 39.9 Å². The van der Waals surface area contributed by atoms with Crippen molar-refractivity contribution in [3.05, 3.63) is 119 Å². The Balaban J connectivity index is 1.63. The fraction of sp³-hybridized carbons (Fsp3) is 0.200. The number of amides is 2. The third-order valence-electron chi connectivity index (χ3n) is 6.30. The predicted octanol–water partition coefficient (Wildman–Crippen LogP) is 5.81. The van der Waals surface area contributed by atoms with Crippen molar-refractivity contribution >= 4 is 34.2 Å². The number of likely N-dealkylation sites (N-methyl/N-ethyl adjacent to an activating group) is 1. The highest BCUT2D eigenvalue weighted by Crippen LogP contribution is 2.23. The van der Waals surface area contributed by atoms with Crippen LogP contribution in [0.1, 0.15) is 23.1 Å². The van der Waals surface area contributed by atoms with Crippen LogP contribution >= 0.6 is 11.6 Å². The minimum absolute atomic E-state index is 0.0811. The second-order valence-electron chi connectivity index (χ2n) is 8.57. The van der Waals surface area contributed by atoms with Gasteiger partial charge >= 0.3 is 0 Å². The van der Waals surface area contributed by atoms with Crippen LogP contribution in [0.25, 0.3) is 10.8 Å². The largest absolute Gasteiger partial charge is 0.357 e. The molecule has 0 aliphatic carbocycles. The van der Waals surface area contributed by atoms with Crippen molar-refractivity contribution in [2.75, 3.05) is 7.05 Å². The van der Waals surface area contributed by atoms with E-state index in [2.05, 4.69) is 29.6 Å². The second kappa shape index (κ2) is 11.7. The highest BCUT2D eigenvalue weighted by molar-refractivity contribution is 6.31. The molecule has 0 aliphatic rings. The van der Waals surface area contributed by atoms with Crippen molar-refractivity contribution in [1.82, 2.24) is 10.2 Å². The SMILES string of the molecule is CNC(=O)[C@@H](Cc1ccccc1)N(Cc1ccccc1Cl)C(=O)CCc1cccc2ccccc12. The molecule has 0 spiro atoms. The first-order valence-corrected chi connectivity index (χ1v) is 12.2. The number of hydrogen-bond donors (Lipinski definition) is 1. The molecule has 4 nitrogen and oxygen atoms in total. The Morgan fingerprint density at radius 1 is 0.829 bits per heavy atom. The minimum Gasteiger partial charge on any atom is -0.357 e. The van der Waals surface area contributed by atoms with Gasteiger partial charge in [0.05, 0.1) is 0 Å². The van der Waals surface area contributed by atoms with E-state index >= 15 is 0 Å². The summed E-state index contributed by atoms with van der Waals surface area (Å²) >= 11 is 6.45. The van der Waals surface area contributed by atoms with Crippen LogP contribution in [0.3, 0.4) is 0 Å². The van der Waals surface area contributed by atoms with Crippen LogP contribution in [-0.4, -0.2) is 29.8 Å². The fourth-order valence-corrected chi connectivity index (χ4v) is 4.62. The molecular weight excluding hydrogens is 456 g/mol. The zero-order valence-corrected chi connectivity index (χ0v) is 20.5. The zero-order valence-electron chi connectivity index (χ0n) is 19.8. The molecule has 0 radical (unpaired) electrons. The number of aryl methyl sites for hydroxylation is 1. The number of carbonyl (C=O) groups is 2. The summed E-state index contributed by atoms with van der Waals surface area (Å²) in [5, 5.41) is 5.63. The van der Waals surface area contributed by atoms with Gasteiger partial charge < -0.3 is 10.2 Å². The fourth-order valence-electron chi connectivity index (χ4n) is 4.43. The molecule has 5 heteroatoms. The molecule has 4 aromatic carbocycles. The number of fused-ring (bicyclic) bond motifs is 1. The maximum Gasteiger partial charge on any atom is 0.242 e. The van der Waals surface area contributed by atoms with Crippen molar-refractivity contribution in [2.24, 2.45) is 0 Å². The summed E-state index contributed by atoms with van der Waals surface area (Å²) in [6, 6.07) is 30.9. The number of carbonyl (C=O) groups excluding carboxylic acids is 2. The summed E-state index contributed by atoms with van der Waals surface area (Å²) in [5.74, 6) is -0.276. The van der Waals surface area contributed by atoms with Gasteiger partial charge in [-0.15, -0.1) is 0 Å². The monoisotopic (exact) mass is 484 g/mol. The number of halogens is 1. The van der Waals surface area contributed by atoms with Crippen molar-refractivity contribution < 1.29 is 9.59 Å². The zero-order chi connectivity index (χ0) is 24.6. The molecule has 0 fully saturated rings. The van der Waals surface area contributed by atoms with Gasteiger partial charge in [0.1, 0.15) is 6.04 Å². The van der Waals surface area contributed by atoms with Crippen molar-refractivity contribution in [1.29, 1.82) is 0 Å². The topological polar surface area (TPSA) is 49.4 Å². The number of nitrogens with zero attached hydrogens (tertiary/aromatic N) is 1. The molecule has 1 atom stereocenters. The summed E-state index contributed by atoms with van der Waals surface area (Å²) in [5.41, 5.74) is 2.93. The average molecular weight is 485 g/mol. The van der Waals surface area contributed by atoms with Crippen molar-refractivity contribution in [2.45, 2.75) is 31.8 Å². The Hall–Kier alpha value is -3.63. The van der Waals surface area contributed by atoms with Crippen LogP contribution in [0, 0.1) is 0 Å². The second-order valence-corrected chi connectivity index (χ2v) is 8.98. The van der Waals surface area contributed by atoms with Crippen LogP contribution in [0.4, 0.5) is 0 Å². The predicted molar refractivity (Wildman–Crippen MR) is 142 cm³/mol. The lowest BCUT2D eigenvalue weighted by molar-refractivity contribution is -0.141. The maximum absolute atomic E-state index is 13.7. The van der Waals surface area contributed by atoms with Gasteiger partial charge in [-0.3, -0.25) is 9.59 Å². The van der Waals surface area contributed by atoms with E-state index in [0.29, 0.717) is 24.3 Å². The molecule has 35 heavy (non-hydrogen) atoms. The molecular formula is C30H29ClN2O2. The molecule has 178 valence electrons. The molecule has 0 aromatic heterocycles. The Bertz CT molecular complexity index is 1300. The number of hydrogen-bond acceptors (Lipinski definition) is 2. The third kappa shape index (κ3) is 6.09. The maximum atomic E-state index is 13.7. The highest BCUT2D eigenvalue weighted by Gasteiger charge is 2.30. The van der Waals surface area contributed by atoms with Crippen LogP contribution in [0.15, 0.2) is 97.1 Å². The van der Waals surface area contributed by atoms with Crippen LogP contribution in [-0.2, 0) is 29.0 Å². The molecule has 0 saturated heterocycles. The van der Waals surface area contributed by atoms with Gasteiger partial charge in [0.2, 0.25) is 11.8 Å². The first-order chi connectivity index (χ1) is 17.1. The van der Waals surface area contributed by atoms with Crippen LogP contribution < -0.4 is 5.32 Å². The molecule has 4 aromatic rings. The molecule has 0 unspecified atom stereocenters. The molecule has 1 N–H and O–H groups in total. The lowest BCUT2D eigenvalue weighted by Gasteiger charge is -2.31. The molecule has 0 aliphatic heterocycles. The molecule has 4 rings (SSSR count). The van der Waals surface area contributed by atoms with E-state index in [4.69, 9.17) is 11.6 Å². The first kappa shape index (κ1) is 24.5. The number of nitrogens with one attached hydrogen (secondary N) is 1. The van der Waals surface area contributed by atoms with Gasteiger partial charge in [-0.2, -0.15) is 0 Å². The molecule has 2 amide bonds. The Morgan fingerprint density at radius 3 is 2.26 bits per heavy atom. The molecule has 0 bridgehead atoms. The van der Waals surface area contributed by atoms with Gasteiger partial charge in [0, 0.05) is 31.5 Å². The normalized spacial score (nSPS) is 11.7. The van der Waals surface area contributed by atoms with E-state index in [9.17, 15) is 9.59 Å². The van der Waals surface area contributed by atoms with Crippen molar-refractivity contribution in [3.8, 4) is 0 Å². The van der Waals surface area contributed by atoms with E-state index < -0.39 is 6.04 Å². The Kier molecular flexibility index (Phi) is 8.17. The molecule has 0 saturated carbocycles. The minimum atomic E-state index is -0.654. The van der Waals surface area contributed by atoms with E-state index in [1.54, 1.807) is 11.9 Å². The summed E-state index contributed by atoms with van der Waals surface area (Å²) in [7, 11) is 1.61. The van der Waals surface area contributed by atoms with Crippen LogP contribution in [0.2, 0.25) is 5.02 Å². The quantitative estimate of drug-likeness (QED) is 0.326. The highest BCUT2D eigenvalue weighted by atomic mass is 35.5. The summed E-state index contributed by atoms with van der Waals surface area (Å²) < 4.78 is 0. The van der Waals surface area contributed by atoms with E-state index in [0.717, 1.165) is 27.5 Å². The van der Waals surface area contributed by atoms with E-state index in [1.807, 2.05) is 72.8 Å². The standard InChI is InChI=1S/C30H29ClN2O2/c1-32-30(35)28(20-22-10-3-2-4-11-22)33(21-25-13-6-8-17-27(25)31)29(34)19-18-24-15-9-14-23-12-5-7-16-26(23)24/h2-17,28H,18-21H2,1H3,(H,32,35)/t28-/m1/s1. The van der Waals surface area contributed by atoms with Gasteiger partial charge in [-0.25, -0.2) is 0 Å². The smallest absolute Gasteiger partial charge is 0.242 e. The molecule has 0 heterocycles. The summed E-state index contributed by atoms with van der Waals surface area (Å²) in [4.78, 5) is 28.5. The summed E-state index contributed by atoms with van der Waals surface area (Å²) in [6.07, 6.45) is 1.30. The lowest BCUT2D eigenvalue weighted by atomic mass is 9.99. The van der Waals surface area contributed by atoms with E-state index in [-0.39, 0.29) is 18.4 Å². The average Bonchev–Trinajstić information content (AvgIpc) is 2.90. The van der Waals surface area contributed by atoms with E-state index in [1.165, 1.54) is 0 Å². The van der Waals surface area contributed by atoms with Gasteiger partial charge in [0.25, 0.3) is 0 Å². The summed E-state index contributed by atoms with van der Waals surface area (Å²) in [6.45, 7) is 0.263. The van der Waals surface area contributed by atoms with Crippen LogP contribution in [0.5, 0.6) is 0 Å². The Morgan fingerprint density at radius 2 is 1.49 bits per heavy atom. The van der Waals surface area contributed by atoms with Gasteiger partial charge in [-0.1, -0.05) is 103 Å². The van der Waals surface area contributed by atoms with Crippen molar-refractivity contribution in [3.63, 3.8) is 0 Å². The van der Waals surface area contributed by atoms with Gasteiger partial charge in [0.15, 0.2) is 0 Å². The Labute approximate surface area is 211 Å². The first-order valence-electron chi connectivity index (χ1n) is 11.8. The third-order valence-corrected chi connectivity index (χ3v) is 6.67. The number of rotatable bonds is 9. The number of benzene rings is 4. The lowest BCUT2D eigenvalue weighted by Crippen LogP contribution is -2.49.